The standard InChI is InChI=1S/C42H83NO21Si/c1-4-6-8-10-12-14-16-18-21-43(3,22-19-17-15-13-11-9-7-5-2)23-20-24-65(62-25-28(44)31(47)34(50)37(53)40(56)57,63-26-29(45)32(48)35(51)38(54)41(58)59)64-27-30(46)33(49)36(52)39(55)42(60)61/h28-39,44-55H,4-27H2,1-3H3,(H2-,56,57,58,59,60,61)/p+1/t28-,29-,30-,31-,32-,33-,34+,35+,36+,37-,38-,39-/m1/s1. The summed E-state index contributed by atoms with van der Waals surface area (Å²) in [4.78, 5) is 33.8. The summed E-state index contributed by atoms with van der Waals surface area (Å²) in [7, 11) is -2.62. The monoisotopic (exact) mass is 967 g/mol. The highest BCUT2D eigenvalue weighted by atomic mass is 28.4. The predicted octanol–water partition coefficient (Wildman–Crippen LogP) is -1.32. The Morgan fingerprint density at radius 2 is 0.646 bits per heavy atom. The number of aliphatic hydroxyl groups is 12. The van der Waals surface area contributed by atoms with Crippen LogP contribution < -0.4 is 0 Å². The van der Waals surface area contributed by atoms with E-state index in [1.807, 2.05) is 0 Å². The molecule has 23 heteroatoms. The van der Waals surface area contributed by atoms with Crippen LogP contribution in [0, 0.1) is 0 Å². The van der Waals surface area contributed by atoms with Crippen LogP contribution in [0.25, 0.3) is 0 Å². The Bertz CT molecular complexity index is 1150. The lowest BCUT2D eigenvalue weighted by Gasteiger charge is -2.37. The highest BCUT2D eigenvalue weighted by Gasteiger charge is 2.47. The van der Waals surface area contributed by atoms with E-state index in [0.717, 1.165) is 90.1 Å². The lowest BCUT2D eigenvalue weighted by molar-refractivity contribution is -0.910. The van der Waals surface area contributed by atoms with Gasteiger partial charge in [-0.3, -0.25) is 0 Å². The molecule has 0 aliphatic carbocycles. The van der Waals surface area contributed by atoms with Crippen LogP contribution in [0.3, 0.4) is 0 Å². The molecule has 22 nitrogen and oxygen atoms in total. The number of rotatable bonds is 43. The van der Waals surface area contributed by atoms with E-state index in [0.29, 0.717) is 11.0 Å². The first-order valence-corrected chi connectivity index (χ1v) is 25.0. The van der Waals surface area contributed by atoms with Crippen LogP contribution in [-0.2, 0) is 27.7 Å². The fourth-order valence-corrected chi connectivity index (χ4v) is 9.77. The Hall–Kier alpha value is -2.01. The molecule has 0 radical (unpaired) electrons. The van der Waals surface area contributed by atoms with Gasteiger partial charge in [0.25, 0.3) is 0 Å². The Morgan fingerprint density at radius 3 is 0.908 bits per heavy atom. The van der Waals surface area contributed by atoms with Crippen molar-refractivity contribution in [2.45, 2.75) is 202 Å². The predicted molar refractivity (Wildman–Crippen MR) is 234 cm³/mol. The smallest absolute Gasteiger partial charge is 0.479 e. The number of hydrogen-bond donors (Lipinski definition) is 15. The van der Waals surface area contributed by atoms with Gasteiger partial charge in [-0.1, -0.05) is 90.9 Å². The van der Waals surface area contributed by atoms with Crippen molar-refractivity contribution in [2.24, 2.45) is 0 Å². The largest absolute Gasteiger partial charge is 0.501 e. The van der Waals surface area contributed by atoms with E-state index < -0.39 is 120 Å². The fourth-order valence-electron chi connectivity index (χ4n) is 7.22. The normalized spacial score (nSPS) is 18.1. The minimum atomic E-state index is -4.70. The summed E-state index contributed by atoms with van der Waals surface area (Å²) in [5, 5.41) is 151. The van der Waals surface area contributed by atoms with Crippen molar-refractivity contribution >= 4 is 26.7 Å². The number of nitrogens with zero attached hydrogens (tertiary/aromatic N) is 1. The molecule has 0 fully saturated rings. The van der Waals surface area contributed by atoms with Gasteiger partial charge in [0, 0.05) is 12.5 Å². The first-order chi connectivity index (χ1) is 30.5. The second-order valence-electron chi connectivity index (χ2n) is 17.5. The van der Waals surface area contributed by atoms with Crippen LogP contribution in [-0.4, -0.2) is 228 Å². The maximum atomic E-state index is 11.3. The molecular weight excluding hydrogens is 883 g/mol. The molecule has 0 saturated heterocycles. The van der Waals surface area contributed by atoms with Gasteiger partial charge in [-0.2, -0.15) is 0 Å². The van der Waals surface area contributed by atoms with Crippen molar-refractivity contribution in [1.82, 2.24) is 0 Å². The molecule has 0 aliphatic heterocycles. The third kappa shape index (κ3) is 25.3. The average molecular weight is 967 g/mol. The summed E-state index contributed by atoms with van der Waals surface area (Å²) in [5.41, 5.74) is 0. The number of carboxylic acids is 3. The van der Waals surface area contributed by atoms with E-state index in [9.17, 15) is 75.7 Å². The van der Waals surface area contributed by atoms with E-state index in [4.69, 9.17) is 28.6 Å². The van der Waals surface area contributed by atoms with Gasteiger partial charge in [0.15, 0.2) is 18.3 Å². The minimum absolute atomic E-state index is 0.174. The van der Waals surface area contributed by atoms with Crippen molar-refractivity contribution in [2.75, 3.05) is 46.5 Å². The van der Waals surface area contributed by atoms with Crippen molar-refractivity contribution in [3.8, 4) is 0 Å². The van der Waals surface area contributed by atoms with Crippen molar-refractivity contribution in [1.29, 1.82) is 0 Å². The molecule has 0 rings (SSSR count). The number of aliphatic carboxylic acids is 3. The highest BCUT2D eigenvalue weighted by molar-refractivity contribution is 6.60. The van der Waals surface area contributed by atoms with Crippen LogP contribution in [0.15, 0.2) is 0 Å². The number of carboxylic acid groups (broad SMARTS) is 3. The van der Waals surface area contributed by atoms with Crippen LogP contribution in [0.1, 0.15) is 123 Å². The van der Waals surface area contributed by atoms with Crippen LogP contribution in [0.2, 0.25) is 6.04 Å². The number of carbonyl (C=O) groups is 3. The van der Waals surface area contributed by atoms with Crippen LogP contribution in [0.4, 0.5) is 0 Å². The quantitative estimate of drug-likeness (QED) is 0.0191. The molecule has 0 aromatic rings. The van der Waals surface area contributed by atoms with Gasteiger partial charge in [-0.15, -0.1) is 0 Å². The minimum Gasteiger partial charge on any atom is -0.479 e. The van der Waals surface area contributed by atoms with Crippen LogP contribution in [0.5, 0.6) is 0 Å². The second kappa shape index (κ2) is 34.3. The summed E-state index contributed by atoms with van der Waals surface area (Å²) < 4.78 is 18.3. The SMILES string of the molecule is CCCCCCCCCC[N+](C)(CCCCCCCCCC)CCC[Si](OC[C@@H](O)[C@@H](O)[C@H](O)[C@@H](O)C(=O)O)(OC[C@@H](O)[C@@H](O)[C@H](O)[C@@H](O)C(=O)O)OC[C@@H](O)[C@@H](O)[C@H](O)[C@@H](O)C(=O)O. The lowest BCUT2D eigenvalue weighted by atomic mass is 10.0. The van der Waals surface area contributed by atoms with Crippen molar-refractivity contribution in [3.05, 3.63) is 0 Å². The zero-order valence-corrected chi connectivity index (χ0v) is 39.5. The fraction of sp³-hybridized carbons (Fsp3) is 0.929. The molecule has 0 spiro atoms. The maximum absolute atomic E-state index is 11.3. The highest BCUT2D eigenvalue weighted by Crippen LogP contribution is 2.25. The molecule has 0 aromatic heterocycles. The average Bonchev–Trinajstić information content (AvgIpc) is 3.28. The van der Waals surface area contributed by atoms with Gasteiger partial charge < -0.3 is 94.4 Å². The molecule has 0 aromatic carbocycles. The Balaban J connectivity index is 6.79. The number of quaternary nitrogens is 1. The summed E-state index contributed by atoms with van der Waals surface area (Å²) in [6.07, 6.45) is -11.0. The number of hydrogen-bond acceptors (Lipinski definition) is 18. The summed E-state index contributed by atoms with van der Waals surface area (Å²) in [6, 6.07) is -0.273. The molecule has 0 bridgehead atoms. The van der Waals surface area contributed by atoms with Gasteiger partial charge in [0.2, 0.25) is 0 Å². The molecule has 0 saturated carbocycles. The molecule has 0 unspecified atom stereocenters. The van der Waals surface area contributed by atoms with E-state index in [2.05, 4.69) is 20.9 Å². The van der Waals surface area contributed by atoms with Crippen molar-refractivity contribution < 1.29 is 109 Å². The zero-order chi connectivity index (χ0) is 49.8. The van der Waals surface area contributed by atoms with Gasteiger partial charge in [-0.25, -0.2) is 14.4 Å². The number of unbranched alkanes of at least 4 members (excludes halogenated alkanes) is 14. The topological polar surface area (TPSA) is 382 Å². The van der Waals surface area contributed by atoms with Gasteiger partial charge in [0.05, 0.1) is 46.5 Å². The third-order valence-electron chi connectivity index (χ3n) is 11.7. The third-order valence-corrected chi connectivity index (χ3v) is 14.5. The van der Waals surface area contributed by atoms with E-state index in [-0.39, 0.29) is 12.5 Å². The first-order valence-electron chi connectivity index (χ1n) is 23.1. The van der Waals surface area contributed by atoms with Gasteiger partial charge in [-0.05, 0) is 25.7 Å². The van der Waals surface area contributed by atoms with Crippen molar-refractivity contribution in [3.63, 3.8) is 0 Å². The maximum Gasteiger partial charge on any atom is 0.501 e. The second-order valence-corrected chi connectivity index (χ2v) is 20.2. The molecule has 386 valence electrons. The molecule has 0 aliphatic rings. The zero-order valence-electron chi connectivity index (χ0n) is 38.5. The molecule has 65 heavy (non-hydrogen) atoms. The molecule has 0 heterocycles. The molecular formula is C42H84NO21Si+. The van der Waals surface area contributed by atoms with Crippen LogP contribution >= 0.6 is 0 Å². The Labute approximate surface area is 383 Å². The lowest BCUT2D eigenvalue weighted by Crippen LogP contribution is -2.56. The Morgan fingerprint density at radius 1 is 0.400 bits per heavy atom. The number of aliphatic hydroxyl groups excluding tert-OH is 12. The summed E-state index contributed by atoms with van der Waals surface area (Å²) >= 11 is 0. The first kappa shape index (κ1) is 63.0. The van der Waals surface area contributed by atoms with Gasteiger partial charge >= 0.3 is 26.7 Å². The van der Waals surface area contributed by atoms with Gasteiger partial charge in [0.1, 0.15) is 54.9 Å². The molecule has 0 amide bonds. The van der Waals surface area contributed by atoms with E-state index >= 15 is 0 Å². The van der Waals surface area contributed by atoms with E-state index in [1.54, 1.807) is 0 Å². The Kier molecular flexibility index (Phi) is 33.2. The summed E-state index contributed by atoms with van der Waals surface area (Å²) in [6.45, 7) is 3.14. The molecule has 15 N–H and O–H groups in total. The summed E-state index contributed by atoms with van der Waals surface area (Å²) in [5.74, 6) is -5.82. The van der Waals surface area contributed by atoms with E-state index in [1.165, 1.54) is 25.7 Å². The molecule has 12 atom stereocenters.